The average Bonchev–Trinajstić information content (AvgIpc) is 3.54. The zero-order valence-electron chi connectivity index (χ0n) is 43.3. The van der Waals surface area contributed by atoms with E-state index in [2.05, 4.69) is 340 Å². The fourth-order valence-corrected chi connectivity index (χ4v) is 10.9. The summed E-state index contributed by atoms with van der Waals surface area (Å²) in [6.45, 7) is 0. The van der Waals surface area contributed by atoms with Gasteiger partial charge in [0.1, 0.15) is 0 Å². The predicted octanol–water partition coefficient (Wildman–Crippen LogP) is 20.0. The molecular weight excluding hydrogens is 937 g/mol. The van der Waals surface area contributed by atoms with Crippen molar-refractivity contribution in [2.24, 2.45) is 0 Å². The molecule has 0 unspecified atom stereocenters. The van der Waals surface area contributed by atoms with Gasteiger partial charge in [0.25, 0.3) is 0 Å². The van der Waals surface area contributed by atoms with Crippen LogP contribution in [-0.2, 0) is 0 Å². The fraction of sp³-hybridized carbons (Fsp3) is 0. The lowest BCUT2D eigenvalue weighted by atomic mass is 9.83. The van der Waals surface area contributed by atoms with Gasteiger partial charge in [0.15, 0.2) is 0 Å². The third kappa shape index (κ3) is 10.6. The standard InChI is InChI=1S/C78H56/c1-9-27-59(28-10-1)73(60-29-11-2-12-30-60)76(65-39-21-7-22-40-65)67-51-47-57(48-52-67)58-49-53-68(54-50-58)78(75(63-35-17-5-18-36-63)64-37-19-6-20-38-64)72-46-26-44-70(56-72)69-43-25-45-71(55-69)77(66-41-23-8-24-42-66)74(61-31-13-3-14-32-61)62-33-15-4-16-34-62/h1-56H. The molecule has 0 amide bonds. The van der Waals surface area contributed by atoms with E-state index in [1.165, 1.54) is 66.8 Å². The second-order valence-electron chi connectivity index (χ2n) is 19.5. The molecule has 0 N–H and O–H groups in total. The molecule has 0 fully saturated rings. The smallest absolute Gasteiger partial charge is 0.00266 e. The van der Waals surface area contributed by atoms with Gasteiger partial charge < -0.3 is 0 Å². The Morgan fingerprint density at radius 1 is 0.115 bits per heavy atom. The molecule has 0 radical (unpaired) electrons. The molecule has 0 spiro atoms. The molecule has 0 saturated carbocycles. The second-order valence-corrected chi connectivity index (χ2v) is 19.5. The first kappa shape index (κ1) is 48.8. The van der Waals surface area contributed by atoms with Crippen molar-refractivity contribution in [3.63, 3.8) is 0 Å². The van der Waals surface area contributed by atoms with Crippen LogP contribution in [0.15, 0.2) is 340 Å². The number of rotatable bonds is 14. The van der Waals surface area contributed by atoms with E-state index < -0.39 is 0 Å². The molecule has 78 heavy (non-hydrogen) atoms. The molecule has 0 aliphatic carbocycles. The first-order valence-electron chi connectivity index (χ1n) is 26.8. The molecule has 0 heteroatoms. The quantitative estimate of drug-likeness (QED) is 0.0953. The Morgan fingerprint density at radius 2 is 0.282 bits per heavy atom. The van der Waals surface area contributed by atoms with Gasteiger partial charge in [-0.3, -0.25) is 0 Å². The van der Waals surface area contributed by atoms with Crippen LogP contribution in [0.2, 0.25) is 0 Å². The van der Waals surface area contributed by atoms with Gasteiger partial charge in [-0.15, -0.1) is 0 Å². The summed E-state index contributed by atoms with van der Waals surface area (Å²) in [5.74, 6) is 0. The maximum atomic E-state index is 2.38. The topological polar surface area (TPSA) is 0 Å². The average molecular weight is 993 g/mol. The molecule has 0 heterocycles. The molecule has 12 rings (SSSR count). The summed E-state index contributed by atoms with van der Waals surface area (Å²) in [7, 11) is 0. The van der Waals surface area contributed by atoms with E-state index in [9.17, 15) is 0 Å². The summed E-state index contributed by atoms with van der Waals surface area (Å²) >= 11 is 0. The largest absolute Gasteiger partial charge is 0.0622 e. The highest BCUT2D eigenvalue weighted by atomic mass is 14.2. The minimum Gasteiger partial charge on any atom is -0.0622 e. The van der Waals surface area contributed by atoms with Crippen molar-refractivity contribution in [3.05, 3.63) is 406 Å². The molecule has 0 aromatic heterocycles. The second kappa shape index (κ2) is 23.2. The maximum absolute atomic E-state index is 2.38. The number of hydrogen-bond donors (Lipinski definition) is 0. The van der Waals surface area contributed by atoms with Crippen LogP contribution in [0.3, 0.4) is 0 Å². The van der Waals surface area contributed by atoms with Crippen LogP contribution < -0.4 is 0 Å². The van der Waals surface area contributed by atoms with Crippen LogP contribution in [0.25, 0.3) is 55.7 Å². The Labute approximate surface area is 459 Å². The van der Waals surface area contributed by atoms with Crippen LogP contribution in [-0.4, -0.2) is 0 Å². The zero-order chi connectivity index (χ0) is 52.3. The molecule has 0 aliphatic heterocycles. The normalized spacial score (nSPS) is 10.8. The highest BCUT2D eigenvalue weighted by Gasteiger charge is 2.21. The van der Waals surface area contributed by atoms with E-state index in [0.717, 1.165) is 55.6 Å². The molecule has 368 valence electrons. The van der Waals surface area contributed by atoms with Gasteiger partial charge in [-0.25, -0.2) is 0 Å². The highest BCUT2D eigenvalue weighted by Crippen LogP contribution is 2.42. The van der Waals surface area contributed by atoms with Crippen molar-refractivity contribution in [1.82, 2.24) is 0 Å². The van der Waals surface area contributed by atoms with Crippen LogP contribution in [0.4, 0.5) is 0 Å². The van der Waals surface area contributed by atoms with Crippen LogP contribution >= 0.6 is 0 Å². The van der Waals surface area contributed by atoms with E-state index in [1.54, 1.807) is 0 Å². The van der Waals surface area contributed by atoms with E-state index in [1.807, 2.05) is 0 Å². The molecule has 0 aliphatic rings. The van der Waals surface area contributed by atoms with E-state index in [-0.39, 0.29) is 0 Å². The van der Waals surface area contributed by atoms with E-state index in [0.29, 0.717) is 0 Å². The lowest BCUT2D eigenvalue weighted by molar-refractivity contribution is 1.48. The monoisotopic (exact) mass is 992 g/mol. The number of benzene rings is 12. The van der Waals surface area contributed by atoms with Gasteiger partial charge in [-0.2, -0.15) is 0 Å². The lowest BCUT2D eigenvalue weighted by Gasteiger charge is -2.20. The van der Waals surface area contributed by atoms with Crippen molar-refractivity contribution < 1.29 is 0 Å². The van der Waals surface area contributed by atoms with Crippen molar-refractivity contribution in [3.8, 4) is 22.3 Å². The first-order chi connectivity index (χ1) is 38.7. The van der Waals surface area contributed by atoms with Gasteiger partial charge in [0.05, 0.1) is 0 Å². The summed E-state index contributed by atoms with van der Waals surface area (Å²) < 4.78 is 0. The Morgan fingerprint density at radius 3 is 0.487 bits per heavy atom. The minimum absolute atomic E-state index is 1.14. The predicted molar refractivity (Wildman–Crippen MR) is 330 cm³/mol. The minimum atomic E-state index is 1.14. The summed E-state index contributed by atoms with van der Waals surface area (Å²) in [5.41, 5.74) is 25.7. The Kier molecular flexibility index (Phi) is 14.5. The fourth-order valence-electron chi connectivity index (χ4n) is 10.9. The van der Waals surface area contributed by atoms with Crippen molar-refractivity contribution >= 4 is 33.4 Å². The molecule has 0 atom stereocenters. The molecule has 0 bridgehead atoms. The van der Waals surface area contributed by atoms with Crippen molar-refractivity contribution in [2.45, 2.75) is 0 Å². The van der Waals surface area contributed by atoms with Gasteiger partial charge >= 0.3 is 0 Å². The highest BCUT2D eigenvalue weighted by molar-refractivity contribution is 6.07. The van der Waals surface area contributed by atoms with Crippen LogP contribution in [0.5, 0.6) is 0 Å². The summed E-state index contributed by atoms with van der Waals surface area (Å²) in [4.78, 5) is 0. The van der Waals surface area contributed by atoms with Gasteiger partial charge in [0.2, 0.25) is 0 Å². The Balaban J connectivity index is 0.976. The molecule has 12 aromatic rings. The zero-order valence-corrected chi connectivity index (χ0v) is 43.3. The third-order valence-electron chi connectivity index (χ3n) is 14.6. The first-order valence-corrected chi connectivity index (χ1v) is 26.8. The maximum Gasteiger partial charge on any atom is -0.00266 e. The summed E-state index contributed by atoms with van der Waals surface area (Å²) in [5, 5.41) is 0. The summed E-state index contributed by atoms with van der Waals surface area (Å²) in [6, 6.07) is 123. The Bertz CT molecular complexity index is 3890. The van der Waals surface area contributed by atoms with Crippen molar-refractivity contribution in [1.29, 1.82) is 0 Å². The molecule has 12 aromatic carbocycles. The third-order valence-corrected chi connectivity index (χ3v) is 14.6. The Hall–Kier alpha value is -10.1. The van der Waals surface area contributed by atoms with Crippen LogP contribution in [0, 0.1) is 0 Å². The van der Waals surface area contributed by atoms with Crippen LogP contribution in [0.1, 0.15) is 66.8 Å². The molecular formula is C78H56. The molecule has 0 saturated heterocycles. The van der Waals surface area contributed by atoms with Gasteiger partial charge in [0, 0.05) is 0 Å². The SMILES string of the molecule is c1ccc(C(=C(c2ccccc2)c2ccc(-c3ccc(C(=C(c4ccccc4)c4ccccc4)c4cccc(-c5cccc(C(=C(c6ccccc6)c6ccccc6)c6ccccc6)c5)c4)cc3)cc2)c2ccccc2)cc1. The van der Waals surface area contributed by atoms with E-state index >= 15 is 0 Å². The lowest BCUT2D eigenvalue weighted by Crippen LogP contribution is -1.99. The van der Waals surface area contributed by atoms with Gasteiger partial charge in [-0.05, 0) is 135 Å². The molecule has 0 nitrogen and oxygen atoms in total. The van der Waals surface area contributed by atoms with Gasteiger partial charge in [-0.1, -0.05) is 328 Å². The number of hydrogen-bond acceptors (Lipinski definition) is 0. The van der Waals surface area contributed by atoms with Crippen molar-refractivity contribution in [2.75, 3.05) is 0 Å². The van der Waals surface area contributed by atoms with E-state index in [4.69, 9.17) is 0 Å². The summed E-state index contributed by atoms with van der Waals surface area (Å²) in [6.07, 6.45) is 0.